The Kier molecular flexibility index (Phi) is 5.11. The number of carbonyl (C=O) groups excluding carboxylic acids is 1. The van der Waals surface area contributed by atoms with E-state index >= 15 is 0 Å². The molecule has 0 atom stereocenters. The van der Waals surface area contributed by atoms with Gasteiger partial charge in [0.2, 0.25) is 5.91 Å². The Balaban J connectivity index is 1.66. The average Bonchev–Trinajstić information content (AvgIpc) is 2.55. The number of hydrogen-bond acceptors (Lipinski definition) is 5. The molecule has 1 aliphatic heterocycles. The number of amides is 1. The first-order chi connectivity index (χ1) is 11.8. The molecule has 130 valence electrons. The van der Waals surface area contributed by atoms with Crippen molar-refractivity contribution in [2.24, 2.45) is 4.40 Å². The zero-order valence-corrected chi connectivity index (χ0v) is 15.7. The normalized spacial score (nSPS) is 14.9. The molecule has 2 aromatic rings. The van der Waals surface area contributed by atoms with E-state index in [0.717, 1.165) is 28.4 Å². The second kappa shape index (κ2) is 7.14. The van der Waals surface area contributed by atoms with E-state index in [9.17, 15) is 17.6 Å². The largest absolute Gasteiger partial charge is 0.333 e. The first kappa shape index (κ1) is 17.9. The molecular weight excluding hydrogens is 433 g/mol. The smallest absolute Gasteiger partial charge is 0.286 e. The number of benzene rings is 2. The molecule has 0 radical (unpaired) electrons. The molecule has 0 bridgehead atoms. The van der Waals surface area contributed by atoms with Gasteiger partial charge in [0.05, 0.1) is 11.4 Å². The van der Waals surface area contributed by atoms with Crippen LogP contribution in [0, 0.1) is 5.82 Å². The number of sulfonamides is 1. The number of anilines is 2. The van der Waals surface area contributed by atoms with Gasteiger partial charge in [-0.15, -0.1) is 4.40 Å². The maximum absolute atomic E-state index is 13.2. The second-order valence-electron chi connectivity index (χ2n) is 4.98. The van der Waals surface area contributed by atoms with E-state index in [-0.39, 0.29) is 27.4 Å². The fourth-order valence-electron chi connectivity index (χ4n) is 2.04. The molecule has 6 nitrogen and oxygen atoms in total. The summed E-state index contributed by atoms with van der Waals surface area (Å²) in [6, 6.07) is 10.4. The maximum Gasteiger partial charge on any atom is 0.286 e. The summed E-state index contributed by atoms with van der Waals surface area (Å²) < 4.78 is 41.9. The fourth-order valence-corrected chi connectivity index (χ4v) is 4.35. The highest BCUT2D eigenvalue weighted by atomic mass is 79.9. The summed E-state index contributed by atoms with van der Waals surface area (Å²) in [5, 5.41) is 5.54. The highest BCUT2D eigenvalue weighted by Crippen LogP contribution is 2.30. The minimum atomic E-state index is -4.00. The van der Waals surface area contributed by atoms with Crippen molar-refractivity contribution in [2.45, 2.75) is 4.90 Å². The monoisotopic (exact) mass is 443 g/mol. The molecule has 1 aliphatic rings. The first-order valence-electron chi connectivity index (χ1n) is 6.93. The van der Waals surface area contributed by atoms with E-state index < -0.39 is 15.8 Å². The summed E-state index contributed by atoms with van der Waals surface area (Å²) in [5.74, 6) is -1.00. The zero-order valence-electron chi connectivity index (χ0n) is 12.5. The number of halogens is 2. The molecule has 1 heterocycles. The van der Waals surface area contributed by atoms with Crippen LogP contribution in [0.25, 0.3) is 0 Å². The van der Waals surface area contributed by atoms with E-state index in [2.05, 4.69) is 31.0 Å². The molecule has 2 aromatic carbocycles. The maximum atomic E-state index is 13.2. The van der Waals surface area contributed by atoms with E-state index in [1.165, 1.54) is 6.07 Å². The van der Waals surface area contributed by atoms with Gasteiger partial charge >= 0.3 is 0 Å². The number of rotatable bonds is 3. The van der Waals surface area contributed by atoms with Crippen molar-refractivity contribution in [1.82, 2.24) is 0 Å². The lowest BCUT2D eigenvalue weighted by Crippen LogP contribution is -2.22. The van der Waals surface area contributed by atoms with E-state index in [4.69, 9.17) is 0 Å². The lowest BCUT2D eigenvalue weighted by Gasteiger charge is -2.17. The van der Waals surface area contributed by atoms with Gasteiger partial charge in [0, 0.05) is 10.2 Å². The van der Waals surface area contributed by atoms with Crippen molar-refractivity contribution < 1.29 is 17.6 Å². The Morgan fingerprint density at radius 1 is 1.24 bits per heavy atom. The van der Waals surface area contributed by atoms with E-state index in [1.807, 2.05) is 0 Å². The molecule has 0 saturated carbocycles. The van der Waals surface area contributed by atoms with Gasteiger partial charge in [-0.05, 0) is 42.5 Å². The van der Waals surface area contributed by atoms with Crippen molar-refractivity contribution in [2.75, 3.05) is 16.4 Å². The van der Waals surface area contributed by atoms with Crippen LogP contribution in [0.5, 0.6) is 0 Å². The van der Waals surface area contributed by atoms with Crippen LogP contribution >= 0.6 is 27.7 Å². The molecule has 0 saturated heterocycles. The Morgan fingerprint density at radius 2 is 1.96 bits per heavy atom. The summed E-state index contributed by atoms with van der Waals surface area (Å²) in [4.78, 5) is 11.7. The van der Waals surface area contributed by atoms with Gasteiger partial charge in [0.15, 0.2) is 5.17 Å². The Bertz CT molecular complexity index is 962. The predicted molar refractivity (Wildman–Crippen MR) is 99.9 cm³/mol. The Morgan fingerprint density at radius 3 is 2.68 bits per heavy atom. The van der Waals surface area contributed by atoms with Crippen LogP contribution in [-0.2, 0) is 14.8 Å². The van der Waals surface area contributed by atoms with Crippen LogP contribution in [0.2, 0.25) is 0 Å². The topological polar surface area (TPSA) is 87.6 Å². The summed E-state index contributed by atoms with van der Waals surface area (Å²) >= 11 is 4.24. The molecule has 2 N–H and O–H groups in total. The molecular formula is C15H11BrFN3O3S2. The first-order valence-corrected chi connectivity index (χ1v) is 10.2. The van der Waals surface area contributed by atoms with Gasteiger partial charge in [-0.3, -0.25) is 4.79 Å². The Hall–Kier alpha value is -1.91. The van der Waals surface area contributed by atoms with Crippen molar-refractivity contribution in [3.63, 3.8) is 0 Å². The minimum Gasteiger partial charge on any atom is -0.333 e. The molecule has 0 fully saturated rings. The third-order valence-electron chi connectivity index (χ3n) is 3.13. The summed E-state index contributed by atoms with van der Waals surface area (Å²) in [6.07, 6.45) is 0. The van der Waals surface area contributed by atoms with Crippen LogP contribution in [0.4, 0.5) is 15.8 Å². The number of fused-ring (bicyclic) bond motifs is 1. The van der Waals surface area contributed by atoms with Gasteiger partial charge < -0.3 is 10.6 Å². The quantitative estimate of drug-likeness (QED) is 0.758. The predicted octanol–water partition coefficient (Wildman–Crippen LogP) is 3.43. The van der Waals surface area contributed by atoms with E-state index in [1.54, 1.807) is 24.3 Å². The third kappa shape index (κ3) is 4.39. The molecule has 10 heteroatoms. The lowest BCUT2D eigenvalue weighted by atomic mass is 10.3. The van der Waals surface area contributed by atoms with Gasteiger partial charge in [-0.2, -0.15) is 8.42 Å². The van der Waals surface area contributed by atoms with Crippen LogP contribution in [0.15, 0.2) is 56.2 Å². The third-order valence-corrected chi connectivity index (χ3v) is 5.97. The second-order valence-corrected chi connectivity index (χ2v) is 8.43. The SMILES string of the molecule is O=C(CSC1=NS(=O)(=O)c2cc(F)ccc2N1)Nc1ccc(Br)cc1. The van der Waals surface area contributed by atoms with Gasteiger partial charge in [0.1, 0.15) is 10.7 Å². The highest BCUT2D eigenvalue weighted by Gasteiger charge is 2.26. The summed E-state index contributed by atoms with van der Waals surface area (Å²) in [6.45, 7) is 0. The molecule has 25 heavy (non-hydrogen) atoms. The zero-order chi connectivity index (χ0) is 18.0. The van der Waals surface area contributed by atoms with E-state index in [0.29, 0.717) is 5.69 Å². The number of hydrogen-bond donors (Lipinski definition) is 2. The minimum absolute atomic E-state index is 0.0338. The number of thioether (sulfide) groups is 1. The standard InChI is InChI=1S/C15H11BrFN3O3S2/c16-9-1-4-11(5-2-9)18-14(21)8-24-15-19-12-6-3-10(17)7-13(12)25(22,23)20-15/h1-7H,8H2,(H,18,21)(H,19,20). The lowest BCUT2D eigenvalue weighted by molar-refractivity contribution is -0.113. The van der Waals surface area contributed by atoms with Crippen LogP contribution in [-0.4, -0.2) is 25.2 Å². The van der Waals surface area contributed by atoms with Crippen LogP contribution in [0.1, 0.15) is 0 Å². The average molecular weight is 444 g/mol. The molecule has 0 aliphatic carbocycles. The van der Waals surface area contributed by atoms with Crippen molar-refractivity contribution in [3.8, 4) is 0 Å². The van der Waals surface area contributed by atoms with Gasteiger partial charge in [-0.1, -0.05) is 27.7 Å². The molecule has 0 aromatic heterocycles. The molecule has 0 spiro atoms. The fraction of sp³-hybridized carbons (Fsp3) is 0.0667. The number of amidine groups is 1. The van der Waals surface area contributed by atoms with Gasteiger partial charge in [0.25, 0.3) is 10.0 Å². The number of nitrogens with one attached hydrogen (secondary N) is 2. The van der Waals surface area contributed by atoms with Crippen molar-refractivity contribution >= 4 is 60.2 Å². The number of nitrogens with zero attached hydrogens (tertiary/aromatic N) is 1. The summed E-state index contributed by atoms with van der Waals surface area (Å²) in [7, 11) is -4.00. The summed E-state index contributed by atoms with van der Waals surface area (Å²) in [5.41, 5.74) is 0.855. The van der Waals surface area contributed by atoms with Crippen molar-refractivity contribution in [3.05, 3.63) is 52.8 Å². The van der Waals surface area contributed by atoms with Crippen molar-refractivity contribution in [1.29, 1.82) is 0 Å². The highest BCUT2D eigenvalue weighted by molar-refractivity contribution is 9.10. The molecule has 1 amide bonds. The van der Waals surface area contributed by atoms with Crippen LogP contribution < -0.4 is 10.6 Å². The van der Waals surface area contributed by atoms with Gasteiger partial charge in [-0.25, -0.2) is 4.39 Å². The number of carbonyl (C=O) groups is 1. The molecule has 0 unspecified atom stereocenters. The molecule has 3 rings (SSSR count). The van der Waals surface area contributed by atoms with Crippen LogP contribution in [0.3, 0.4) is 0 Å². The Labute approximate surface area is 156 Å².